The van der Waals surface area contributed by atoms with E-state index < -0.39 is 44.3 Å². The summed E-state index contributed by atoms with van der Waals surface area (Å²) < 4.78 is 41.6. The van der Waals surface area contributed by atoms with Crippen LogP contribution < -0.4 is 10.4 Å². The maximum Gasteiger partial charge on any atom is 0.650 e. The van der Waals surface area contributed by atoms with Crippen molar-refractivity contribution in [3.63, 3.8) is 0 Å². The summed E-state index contributed by atoms with van der Waals surface area (Å²) in [4.78, 5) is 0. The molecule has 2 atom stereocenters. The molecule has 0 radical (unpaired) electrons. The van der Waals surface area contributed by atoms with Crippen molar-refractivity contribution in [3.05, 3.63) is 60.7 Å². The van der Waals surface area contributed by atoms with Crippen LogP contribution in [0.25, 0.3) is 0 Å². The van der Waals surface area contributed by atoms with Gasteiger partial charge in [-0.15, -0.1) is 0 Å². The zero-order valence-electron chi connectivity index (χ0n) is 36.5. The lowest BCUT2D eigenvalue weighted by Crippen LogP contribution is -2.67. The lowest BCUT2D eigenvalue weighted by Gasteiger charge is -2.42. The van der Waals surface area contributed by atoms with Crippen LogP contribution in [-0.2, 0) is 25.3 Å². The summed E-state index contributed by atoms with van der Waals surface area (Å²) in [7, 11) is -4.79. The van der Waals surface area contributed by atoms with E-state index in [0.29, 0.717) is 6.04 Å². The molecule has 12 heteroatoms. The van der Waals surface area contributed by atoms with Gasteiger partial charge in [0, 0.05) is 26.7 Å². The highest BCUT2D eigenvalue weighted by atomic mass is 28.5. The quantitative estimate of drug-likeness (QED) is 0.0406. The summed E-state index contributed by atoms with van der Waals surface area (Å²) in [6.45, 7) is 15.4. The van der Waals surface area contributed by atoms with Crippen LogP contribution in [0.15, 0.2) is 60.7 Å². The third kappa shape index (κ3) is 19.1. The van der Waals surface area contributed by atoms with Gasteiger partial charge in [0.2, 0.25) is 16.6 Å². The van der Waals surface area contributed by atoms with Crippen molar-refractivity contribution in [1.29, 1.82) is 0 Å². The highest BCUT2D eigenvalue weighted by Gasteiger charge is 2.59. The Morgan fingerprint density at radius 1 is 0.519 bits per heavy atom. The molecule has 0 saturated heterocycles. The molecule has 7 nitrogen and oxygen atoms in total. The van der Waals surface area contributed by atoms with Crippen molar-refractivity contribution >= 4 is 54.6 Å². The molecule has 0 fully saturated rings. The summed E-state index contributed by atoms with van der Waals surface area (Å²) in [6, 6.07) is 21.6. The normalized spacial score (nSPS) is 15.1. The molecule has 0 aliphatic heterocycles. The van der Waals surface area contributed by atoms with Gasteiger partial charge in [0.25, 0.3) is 0 Å². The van der Waals surface area contributed by atoms with Gasteiger partial charge in [0.1, 0.15) is 0 Å². The Kier molecular flexibility index (Phi) is 24.0. The highest BCUT2D eigenvalue weighted by Crippen LogP contribution is 2.30. The van der Waals surface area contributed by atoms with Crippen LogP contribution in [0.5, 0.6) is 0 Å². The zero-order valence-corrected chi connectivity index (χ0v) is 41.9. The topological polar surface area (TPSA) is 55.4 Å². The van der Waals surface area contributed by atoms with Crippen molar-refractivity contribution in [1.82, 2.24) is 0 Å². The van der Waals surface area contributed by atoms with Gasteiger partial charge in [-0.2, -0.15) is 0 Å². The first kappa shape index (κ1) is 49.4. The standard InChI is InChI=1S/C42H82NO6Si5/c1-11-12-13-14-15-16-17-18-19-20-21-22-23-24-25-32-38-43(2,3)39-33-40-53(44-4,47-51(7,8)41-34-28-26-29-35-41)49-54(45-5,46-50-6)48-52(9,10)42-36-30-27-31-37-42/h26-31,34-37H,11-25,32-33,38-40,50H2,1-10H3/q+1. The summed E-state index contributed by atoms with van der Waals surface area (Å²) in [5.41, 5.74) is 0. The van der Waals surface area contributed by atoms with Crippen molar-refractivity contribution in [3.8, 4) is 0 Å². The van der Waals surface area contributed by atoms with Gasteiger partial charge in [0.05, 0.1) is 27.2 Å². The average molecular weight is 838 g/mol. The molecule has 0 amide bonds. The van der Waals surface area contributed by atoms with Gasteiger partial charge >= 0.3 is 17.9 Å². The lowest BCUT2D eigenvalue weighted by atomic mass is 10.0. The molecular weight excluding hydrogens is 755 g/mol. The van der Waals surface area contributed by atoms with Gasteiger partial charge in [-0.3, -0.25) is 0 Å². The molecular formula is C42H82NO6Si5+. The zero-order chi connectivity index (χ0) is 39.8. The Hall–Kier alpha value is -0.756. The van der Waals surface area contributed by atoms with E-state index >= 15 is 0 Å². The highest BCUT2D eigenvalue weighted by molar-refractivity contribution is 6.93. The summed E-state index contributed by atoms with van der Waals surface area (Å²) in [5.74, 6) is 0. The van der Waals surface area contributed by atoms with Crippen molar-refractivity contribution in [2.75, 3.05) is 41.4 Å². The maximum atomic E-state index is 7.25. The van der Waals surface area contributed by atoms with Gasteiger partial charge in [0.15, 0.2) is 9.76 Å². The molecule has 54 heavy (non-hydrogen) atoms. The van der Waals surface area contributed by atoms with E-state index in [0.717, 1.165) is 17.4 Å². The second kappa shape index (κ2) is 26.3. The van der Waals surface area contributed by atoms with E-state index in [9.17, 15) is 0 Å². The Balaban J connectivity index is 1.97. The lowest BCUT2D eigenvalue weighted by molar-refractivity contribution is -0.890. The minimum Gasteiger partial charge on any atom is -0.412 e. The third-order valence-electron chi connectivity index (χ3n) is 10.8. The number of rotatable bonds is 33. The number of benzene rings is 2. The molecule has 310 valence electrons. The van der Waals surface area contributed by atoms with E-state index in [1.807, 2.05) is 6.07 Å². The molecule has 2 rings (SSSR count). The number of nitrogens with zero attached hydrogens (tertiary/aromatic N) is 1. The molecule has 0 aromatic heterocycles. The summed E-state index contributed by atoms with van der Waals surface area (Å²) >= 11 is 0. The van der Waals surface area contributed by atoms with E-state index in [4.69, 9.17) is 25.3 Å². The molecule has 2 unspecified atom stereocenters. The second-order valence-corrected chi connectivity index (χ2v) is 31.9. The summed E-state index contributed by atoms with van der Waals surface area (Å²) in [6.07, 6.45) is 23.3. The minimum absolute atomic E-state index is 0.677. The largest absolute Gasteiger partial charge is 0.650 e. The van der Waals surface area contributed by atoms with Crippen LogP contribution in [0, 0.1) is 0 Å². The second-order valence-electron chi connectivity index (χ2n) is 16.9. The molecule has 2 aromatic carbocycles. The summed E-state index contributed by atoms with van der Waals surface area (Å²) in [5, 5.41) is 2.37. The van der Waals surface area contributed by atoms with Crippen LogP contribution in [0.1, 0.15) is 116 Å². The maximum absolute atomic E-state index is 7.25. The fourth-order valence-corrected chi connectivity index (χ4v) is 24.8. The van der Waals surface area contributed by atoms with Gasteiger partial charge in [-0.05, 0) is 49.4 Å². The SMILES string of the molecule is CCCCCCCCCCCCCCCCCC[N+](C)(C)CCC[Si](OC)(O[Si](OC)(O[SiH2]C)O[Si](C)(C)c1ccccc1)O[Si](C)(C)c1ccccc1. The Bertz CT molecular complexity index is 1230. The Labute approximate surface area is 339 Å². The molecule has 2 aromatic rings. The predicted octanol–water partition coefficient (Wildman–Crippen LogP) is 9.80. The van der Waals surface area contributed by atoms with E-state index in [-0.39, 0.29) is 0 Å². The fourth-order valence-electron chi connectivity index (χ4n) is 7.32. The first-order valence-corrected chi connectivity index (χ1v) is 32.9. The third-order valence-corrected chi connectivity index (χ3v) is 27.4. The Morgan fingerprint density at radius 2 is 0.926 bits per heavy atom. The first-order valence-electron chi connectivity index (χ1n) is 21.6. The number of hydrogen-bond acceptors (Lipinski definition) is 6. The smallest absolute Gasteiger partial charge is 0.412 e. The van der Waals surface area contributed by atoms with Gasteiger partial charge in [-0.1, -0.05) is 164 Å². The van der Waals surface area contributed by atoms with E-state index in [1.54, 1.807) is 14.2 Å². The minimum atomic E-state index is -3.64. The number of hydrogen-bond donors (Lipinski definition) is 0. The van der Waals surface area contributed by atoms with Crippen LogP contribution in [-0.4, -0.2) is 90.1 Å². The van der Waals surface area contributed by atoms with Crippen molar-refractivity contribution in [2.24, 2.45) is 0 Å². The molecule has 0 bridgehead atoms. The van der Waals surface area contributed by atoms with Crippen LogP contribution in [0.4, 0.5) is 0 Å². The number of unbranched alkanes of at least 4 members (excludes halogenated alkanes) is 15. The fraction of sp³-hybridized carbons (Fsp3) is 0.714. The van der Waals surface area contributed by atoms with Crippen LogP contribution >= 0.6 is 0 Å². The molecule has 0 spiro atoms. The monoisotopic (exact) mass is 836 g/mol. The van der Waals surface area contributed by atoms with E-state index in [1.165, 1.54) is 120 Å². The molecule has 0 aliphatic carbocycles. The van der Waals surface area contributed by atoms with Crippen molar-refractivity contribution < 1.29 is 29.8 Å². The van der Waals surface area contributed by atoms with Crippen molar-refractivity contribution in [2.45, 2.75) is 155 Å². The molecule has 0 aliphatic rings. The van der Waals surface area contributed by atoms with Crippen LogP contribution in [0.3, 0.4) is 0 Å². The van der Waals surface area contributed by atoms with Crippen LogP contribution in [0.2, 0.25) is 38.8 Å². The molecule has 0 N–H and O–H groups in total. The first-order chi connectivity index (χ1) is 25.8. The number of quaternary nitrogens is 1. The Morgan fingerprint density at radius 3 is 1.33 bits per heavy atom. The predicted molar refractivity (Wildman–Crippen MR) is 242 cm³/mol. The van der Waals surface area contributed by atoms with E-state index in [2.05, 4.69) is 108 Å². The van der Waals surface area contributed by atoms with Gasteiger partial charge < -0.3 is 29.8 Å². The molecule has 0 saturated carbocycles. The average Bonchev–Trinajstić information content (AvgIpc) is 3.15. The van der Waals surface area contributed by atoms with Gasteiger partial charge in [-0.25, -0.2) is 0 Å². The molecule has 0 heterocycles.